The van der Waals surface area contributed by atoms with Gasteiger partial charge in [-0.3, -0.25) is 14.6 Å². The van der Waals surface area contributed by atoms with Gasteiger partial charge in [0.2, 0.25) is 5.91 Å². The first-order valence-electron chi connectivity index (χ1n) is 7.37. The number of hydrogen-bond acceptors (Lipinski definition) is 4. The lowest BCUT2D eigenvalue weighted by molar-refractivity contribution is -0.147. The predicted molar refractivity (Wildman–Crippen MR) is 78.2 cm³/mol. The lowest BCUT2D eigenvalue weighted by atomic mass is 9.84. The van der Waals surface area contributed by atoms with Crippen LogP contribution in [-0.2, 0) is 20.9 Å². The van der Waals surface area contributed by atoms with E-state index in [1.165, 1.54) is 7.11 Å². The van der Waals surface area contributed by atoms with Crippen molar-refractivity contribution >= 4 is 11.9 Å². The van der Waals surface area contributed by atoms with Crippen LogP contribution in [0.5, 0.6) is 0 Å². The lowest BCUT2D eigenvalue weighted by Gasteiger charge is -2.32. The van der Waals surface area contributed by atoms with Gasteiger partial charge >= 0.3 is 5.97 Å². The molecule has 21 heavy (non-hydrogen) atoms. The fourth-order valence-corrected chi connectivity index (χ4v) is 2.46. The normalized spacial score (nSPS) is 15.9. The summed E-state index contributed by atoms with van der Waals surface area (Å²) in [7, 11) is 1.37. The molecule has 1 aromatic heterocycles. The van der Waals surface area contributed by atoms with Crippen LogP contribution < -0.4 is 0 Å². The highest BCUT2D eigenvalue weighted by Crippen LogP contribution is 2.29. The highest BCUT2D eigenvalue weighted by atomic mass is 16.5. The molecule has 1 aromatic rings. The van der Waals surface area contributed by atoms with Gasteiger partial charge < -0.3 is 9.64 Å². The number of pyridine rings is 1. The zero-order valence-corrected chi connectivity index (χ0v) is 12.6. The van der Waals surface area contributed by atoms with Crippen LogP contribution in [0.4, 0.5) is 0 Å². The van der Waals surface area contributed by atoms with E-state index in [4.69, 9.17) is 4.74 Å². The topological polar surface area (TPSA) is 59.5 Å². The van der Waals surface area contributed by atoms with Gasteiger partial charge in [-0.2, -0.15) is 0 Å². The number of esters is 1. The first kappa shape index (κ1) is 15.5. The number of rotatable bonds is 6. The van der Waals surface area contributed by atoms with E-state index in [1.54, 1.807) is 24.2 Å². The summed E-state index contributed by atoms with van der Waals surface area (Å²) in [5.74, 6) is -0.351. The molecule has 0 radical (unpaired) electrons. The van der Waals surface area contributed by atoms with Gasteiger partial charge in [-0.05, 0) is 24.5 Å². The summed E-state index contributed by atoms with van der Waals surface area (Å²) >= 11 is 0. The van der Waals surface area contributed by atoms with Crippen LogP contribution >= 0.6 is 0 Å². The number of amides is 1. The van der Waals surface area contributed by atoms with Gasteiger partial charge in [-0.1, -0.05) is 19.4 Å². The molecule has 0 spiro atoms. The molecule has 1 atom stereocenters. The minimum absolute atomic E-state index is 0.117. The van der Waals surface area contributed by atoms with Crippen LogP contribution in [0.25, 0.3) is 0 Å². The van der Waals surface area contributed by atoms with Gasteiger partial charge in [-0.15, -0.1) is 0 Å². The Kier molecular flexibility index (Phi) is 5.31. The first-order chi connectivity index (χ1) is 10.1. The Hall–Kier alpha value is -1.91. The molecule has 0 bridgehead atoms. The third-order valence-electron chi connectivity index (χ3n) is 3.96. The van der Waals surface area contributed by atoms with Crippen molar-refractivity contribution in [3.05, 3.63) is 30.1 Å². The monoisotopic (exact) mass is 290 g/mol. The molecule has 1 aliphatic carbocycles. The molecule has 1 unspecified atom stereocenters. The van der Waals surface area contributed by atoms with Crippen LogP contribution in [0.3, 0.4) is 0 Å². The molecule has 0 N–H and O–H groups in total. The van der Waals surface area contributed by atoms with E-state index in [0.717, 1.165) is 24.8 Å². The smallest absolute Gasteiger partial charge is 0.310 e. The van der Waals surface area contributed by atoms with E-state index in [0.29, 0.717) is 13.1 Å². The fraction of sp³-hybridized carbons (Fsp3) is 0.562. The molecule has 0 aromatic carbocycles. The third kappa shape index (κ3) is 4.03. The van der Waals surface area contributed by atoms with E-state index in [1.807, 2.05) is 12.1 Å². The Morgan fingerprint density at radius 3 is 2.76 bits per heavy atom. The minimum Gasteiger partial charge on any atom is -0.469 e. The molecule has 1 amide bonds. The molecule has 1 fully saturated rings. The van der Waals surface area contributed by atoms with Crippen LogP contribution in [0.1, 0.15) is 31.7 Å². The highest BCUT2D eigenvalue weighted by molar-refractivity contribution is 5.80. The number of methoxy groups -OCH3 is 1. The van der Waals surface area contributed by atoms with Crippen molar-refractivity contribution < 1.29 is 14.3 Å². The Balaban J connectivity index is 2.06. The summed E-state index contributed by atoms with van der Waals surface area (Å²) in [4.78, 5) is 30.0. The quantitative estimate of drug-likeness (QED) is 0.752. The molecular weight excluding hydrogens is 268 g/mol. The van der Waals surface area contributed by atoms with Gasteiger partial charge in [0.15, 0.2) is 0 Å². The van der Waals surface area contributed by atoms with E-state index < -0.39 is 0 Å². The molecule has 0 aliphatic heterocycles. The average Bonchev–Trinajstić information content (AvgIpc) is 2.44. The summed E-state index contributed by atoms with van der Waals surface area (Å²) in [6.07, 6.45) is 6.48. The van der Waals surface area contributed by atoms with Crippen molar-refractivity contribution in [3.63, 3.8) is 0 Å². The highest BCUT2D eigenvalue weighted by Gasteiger charge is 2.31. The van der Waals surface area contributed by atoms with Crippen molar-refractivity contribution in [1.82, 2.24) is 9.88 Å². The van der Waals surface area contributed by atoms with Crippen LogP contribution in [-0.4, -0.2) is 35.4 Å². The second kappa shape index (κ2) is 7.20. The minimum atomic E-state index is -0.323. The molecule has 5 heteroatoms. The van der Waals surface area contributed by atoms with Crippen molar-refractivity contribution in [2.24, 2.45) is 11.8 Å². The number of hydrogen-bond donors (Lipinski definition) is 0. The number of carbonyl (C=O) groups excluding carboxylic acids is 2. The van der Waals surface area contributed by atoms with Crippen molar-refractivity contribution in [1.29, 1.82) is 0 Å². The molecule has 1 heterocycles. The van der Waals surface area contributed by atoms with E-state index in [9.17, 15) is 9.59 Å². The molecule has 114 valence electrons. The number of nitrogens with zero attached hydrogens (tertiary/aromatic N) is 2. The molecule has 0 saturated heterocycles. The standard InChI is InChI=1S/C16H22N2O3/c1-12(16(20)21-2)10-18(15(19)14-6-3-7-14)11-13-5-4-8-17-9-13/h4-5,8-9,12,14H,3,6-7,10-11H2,1-2H3. The summed E-state index contributed by atoms with van der Waals surface area (Å²) in [6, 6.07) is 3.79. The SMILES string of the molecule is COC(=O)C(C)CN(Cc1cccnc1)C(=O)C1CCC1. The average molecular weight is 290 g/mol. The number of aromatic nitrogens is 1. The fourth-order valence-electron chi connectivity index (χ4n) is 2.46. The second-order valence-corrected chi connectivity index (χ2v) is 5.63. The Bertz CT molecular complexity index is 486. The zero-order valence-electron chi connectivity index (χ0n) is 12.6. The summed E-state index contributed by atoms with van der Waals surface area (Å²) in [5, 5.41) is 0. The molecule has 5 nitrogen and oxygen atoms in total. The second-order valence-electron chi connectivity index (χ2n) is 5.63. The summed E-state index contributed by atoms with van der Waals surface area (Å²) in [6.45, 7) is 2.66. The maximum absolute atomic E-state index is 12.5. The summed E-state index contributed by atoms with van der Waals surface area (Å²) < 4.78 is 4.75. The van der Waals surface area contributed by atoms with E-state index in [-0.39, 0.29) is 23.7 Å². The molecule has 1 aliphatic rings. The van der Waals surface area contributed by atoms with E-state index >= 15 is 0 Å². The van der Waals surface area contributed by atoms with Crippen molar-refractivity contribution in [2.45, 2.75) is 32.7 Å². The van der Waals surface area contributed by atoms with Crippen LogP contribution in [0, 0.1) is 11.8 Å². The first-order valence-corrected chi connectivity index (χ1v) is 7.37. The Labute approximate surface area is 125 Å². The third-order valence-corrected chi connectivity index (χ3v) is 3.96. The molecule has 2 rings (SSSR count). The number of ether oxygens (including phenoxy) is 1. The zero-order chi connectivity index (χ0) is 15.2. The largest absolute Gasteiger partial charge is 0.469 e. The molecule has 1 saturated carbocycles. The summed E-state index contributed by atoms with van der Waals surface area (Å²) in [5.41, 5.74) is 0.974. The van der Waals surface area contributed by atoms with Gasteiger partial charge in [0.1, 0.15) is 0 Å². The van der Waals surface area contributed by atoms with Gasteiger partial charge in [0, 0.05) is 31.4 Å². The predicted octanol–water partition coefficient (Wildman–Crippen LogP) is 2.02. The van der Waals surface area contributed by atoms with Gasteiger partial charge in [-0.25, -0.2) is 0 Å². The number of carbonyl (C=O) groups is 2. The van der Waals surface area contributed by atoms with Gasteiger partial charge in [0.05, 0.1) is 13.0 Å². The lowest BCUT2D eigenvalue weighted by Crippen LogP contribution is -2.42. The maximum Gasteiger partial charge on any atom is 0.310 e. The van der Waals surface area contributed by atoms with Crippen LogP contribution in [0.15, 0.2) is 24.5 Å². The van der Waals surface area contributed by atoms with Crippen LogP contribution in [0.2, 0.25) is 0 Å². The van der Waals surface area contributed by atoms with Gasteiger partial charge in [0.25, 0.3) is 0 Å². The maximum atomic E-state index is 12.5. The molecular formula is C16H22N2O3. The van der Waals surface area contributed by atoms with Crippen molar-refractivity contribution in [3.8, 4) is 0 Å². The Morgan fingerprint density at radius 1 is 1.48 bits per heavy atom. The van der Waals surface area contributed by atoms with E-state index in [2.05, 4.69) is 4.98 Å². The van der Waals surface area contributed by atoms with Crippen molar-refractivity contribution in [2.75, 3.05) is 13.7 Å². The Morgan fingerprint density at radius 2 is 2.24 bits per heavy atom.